The molecule has 0 aromatic heterocycles. The number of allylic oxidation sites excluding steroid dienone is 9. The third-order valence-electron chi connectivity index (χ3n) is 3.76. The van der Waals surface area contributed by atoms with Crippen molar-refractivity contribution in [1.82, 2.24) is 0 Å². The van der Waals surface area contributed by atoms with Gasteiger partial charge in [-0.2, -0.15) is 0 Å². The molecule has 0 fully saturated rings. The van der Waals surface area contributed by atoms with Gasteiger partial charge in [0.1, 0.15) is 0 Å². The van der Waals surface area contributed by atoms with Crippen LogP contribution < -0.4 is 5.73 Å². The Kier molecular flexibility index (Phi) is 16.2. The minimum atomic E-state index is -0.384. The summed E-state index contributed by atoms with van der Waals surface area (Å²) in [6, 6.07) is 0. The van der Waals surface area contributed by atoms with Gasteiger partial charge in [-0.25, -0.2) is 0 Å². The van der Waals surface area contributed by atoms with Gasteiger partial charge in [0.05, 0.1) is 0 Å². The third kappa shape index (κ3) is 16.5. The molecule has 2 N–H and O–H groups in total. The first-order chi connectivity index (χ1) is 11.7. The Morgan fingerprint density at radius 2 is 1.25 bits per heavy atom. The highest BCUT2D eigenvalue weighted by molar-refractivity contribution is 5.91. The summed E-state index contributed by atoms with van der Waals surface area (Å²) in [6.45, 7) is 3.96. The fourth-order valence-electron chi connectivity index (χ4n) is 2.17. The van der Waals surface area contributed by atoms with Gasteiger partial charge >= 0.3 is 0 Å². The van der Waals surface area contributed by atoms with Crippen molar-refractivity contribution >= 4 is 5.91 Å². The van der Waals surface area contributed by atoms with Crippen LogP contribution in [-0.2, 0) is 4.79 Å². The summed E-state index contributed by atoms with van der Waals surface area (Å²) in [6.07, 6.45) is 29.8. The number of hydrogen-bond donors (Lipinski definition) is 1. The van der Waals surface area contributed by atoms with Gasteiger partial charge in [0.15, 0.2) is 0 Å². The number of primary amides is 1. The quantitative estimate of drug-likeness (QED) is 0.231. The molecule has 0 aromatic rings. The SMILES string of the molecule is CCCCCCCCCCC=CC=CC=CC=CC=C(C)C(N)=O. The van der Waals surface area contributed by atoms with Gasteiger partial charge in [-0.3, -0.25) is 4.79 Å². The van der Waals surface area contributed by atoms with Crippen molar-refractivity contribution in [1.29, 1.82) is 0 Å². The van der Waals surface area contributed by atoms with E-state index in [4.69, 9.17) is 5.73 Å². The van der Waals surface area contributed by atoms with Crippen LogP contribution in [0.25, 0.3) is 0 Å². The lowest BCUT2D eigenvalue weighted by atomic mass is 10.1. The second-order valence-corrected chi connectivity index (χ2v) is 6.06. The maximum atomic E-state index is 10.8. The minimum Gasteiger partial charge on any atom is -0.366 e. The van der Waals surface area contributed by atoms with E-state index in [9.17, 15) is 4.79 Å². The van der Waals surface area contributed by atoms with E-state index < -0.39 is 0 Å². The first-order valence-electron chi connectivity index (χ1n) is 9.31. The fraction of sp³-hybridized carbons (Fsp3) is 0.500. The zero-order chi connectivity index (χ0) is 17.9. The van der Waals surface area contributed by atoms with E-state index in [0.29, 0.717) is 5.57 Å². The Morgan fingerprint density at radius 3 is 1.83 bits per heavy atom. The third-order valence-corrected chi connectivity index (χ3v) is 3.76. The number of nitrogens with two attached hydrogens (primary N) is 1. The average molecular weight is 330 g/mol. The molecule has 0 radical (unpaired) electrons. The van der Waals surface area contributed by atoms with Crippen LogP contribution in [0.3, 0.4) is 0 Å². The van der Waals surface area contributed by atoms with Crippen molar-refractivity contribution in [2.45, 2.75) is 71.6 Å². The van der Waals surface area contributed by atoms with E-state index >= 15 is 0 Å². The highest BCUT2D eigenvalue weighted by atomic mass is 16.1. The van der Waals surface area contributed by atoms with Crippen LogP contribution in [0.1, 0.15) is 71.6 Å². The lowest BCUT2D eigenvalue weighted by molar-refractivity contribution is -0.114. The second kappa shape index (κ2) is 17.5. The van der Waals surface area contributed by atoms with Gasteiger partial charge in [0.25, 0.3) is 0 Å². The normalized spacial score (nSPS) is 13.2. The summed E-state index contributed by atoms with van der Waals surface area (Å²) in [7, 11) is 0. The molecule has 0 unspecified atom stereocenters. The molecule has 0 aromatic carbocycles. The lowest BCUT2D eigenvalue weighted by Gasteiger charge is -1.99. The number of rotatable bonds is 14. The molecule has 0 heterocycles. The Balaban J connectivity index is 3.58. The van der Waals surface area contributed by atoms with Gasteiger partial charge in [-0.05, 0) is 19.8 Å². The van der Waals surface area contributed by atoms with Gasteiger partial charge < -0.3 is 5.73 Å². The fourth-order valence-corrected chi connectivity index (χ4v) is 2.17. The summed E-state index contributed by atoms with van der Waals surface area (Å²) in [5.41, 5.74) is 5.68. The summed E-state index contributed by atoms with van der Waals surface area (Å²) in [4.78, 5) is 10.8. The standard InChI is InChI=1S/C22H35NO/c1-3-4-5-6-7-8-9-10-11-12-13-14-15-16-17-18-19-20-21(2)22(23)24/h12-20H,3-11H2,1-2H3,(H2,23,24). The van der Waals surface area contributed by atoms with Crippen LogP contribution >= 0.6 is 0 Å². The largest absolute Gasteiger partial charge is 0.366 e. The molecular formula is C22H35NO. The maximum absolute atomic E-state index is 10.8. The molecule has 0 aliphatic heterocycles. The van der Waals surface area contributed by atoms with Crippen LogP contribution in [0.2, 0.25) is 0 Å². The van der Waals surface area contributed by atoms with Crippen LogP contribution in [0.4, 0.5) is 0 Å². The first-order valence-corrected chi connectivity index (χ1v) is 9.31. The van der Waals surface area contributed by atoms with E-state index in [1.54, 1.807) is 13.0 Å². The number of carbonyl (C=O) groups excluding carboxylic acids is 1. The van der Waals surface area contributed by atoms with E-state index in [1.165, 1.54) is 57.8 Å². The lowest BCUT2D eigenvalue weighted by Crippen LogP contribution is -2.11. The molecule has 0 aliphatic rings. The molecule has 0 aliphatic carbocycles. The molecule has 2 heteroatoms. The molecule has 2 nitrogen and oxygen atoms in total. The van der Waals surface area contributed by atoms with Crippen molar-refractivity contribution in [3.05, 3.63) is 60.3 Å². The van der Waals surface area contributed by atoms with Gasteiger partial charge in [-0.15, -0.1) is 0 Å². The van der Waals surface area contributed by atoms with Crippen molar-refractivity contribution in [3.8, 4) is 0 Å². The number of amides is 1. The molecule has 24 heavy (non-hydrogen) atoms. The Labute approximate surface area is 148 Å². The molecule has 134 valence electrons. The highest BCUT2D eigenvalue weighted by Crippen LogP contribution is 2.09. The molecule has 0 saturated heterocycles. The molecule has 0 spiro atoms. The summed E-state index contributed by atoms with van der Waals surface area (Å²) in [5, 5.41) is 0. The van der Waals surface area contributed by atoms with E-state index in [1.807, 2.05) is 36.5 Å². The van der Waals surface area contributed by atoms with Gasteiger partial charge in [0.2, 0.25) is 5.91 Å². The summed E-state index contributed by atoms with van der Waals surface area (Å²) < 4.78 is 0. The minimum absolute atomic E-state index is 0.384. The van der Waals surface area contributed by atoms with E-state index in [0.717, 1.165) is 0 Å². The van der Waals surface area contributed by atoms with Crippen molar-refractivity contribution in [2.24, 2.45) is 5.73 Å². The van der Waals surface area contributed by atoms with Gasteiger partial charge in [-0.1, -0.05) is 107 Å². The van der Waals surface area contributed by atoms with Crippen LogP contribution in [0.5, 0.6) is 0 Å². The summed E-state index contributed by atoms with van der Waals surface area (Å²) >= 11 is 0. The predicted molar refractivity (Wildman–Crippen MR) is 107 cm³/mol. The second-order valence-electron chi connectivity index (χ2n) is 6.06. The predicted octanol–water partition coefficient (Wildman–Crippen LogP) is 6.17. The summed E-state index contributed by atoms with van der Waals surface area (Å²) in [5.74, 6) is -0.384. The molecule has 0 atom stereocenters. The zero-order valence-corrected chi connectivity index (χ0v) is 15.5. The smallest absolute Gasteiger partial charge is 0.244 e. The van der Waals surface area contributed by atoms with Crippen LogP contribution in [0, 0.1) is 0 Å². The molecule has 0 bridgehead atoms. The van der Waals surface area contributed by atoms with E-state index in [2.05, 4.69) is 19.1 Å². The number of carbonyl (C=O) groups is 1. The zero-order valence-electron chi connectivity index (χ0n) is 15.5. The number of hydrogen-bond acceptors (Lipinski definition) is 1. The van der Waals surface area contributed by atoms with Gasteiger partial charge in [0, 0.05) is 5.57 Å². The number of unbranched alkanes of at least 4 members (excludes halogenated alkanes) is 8. The molecule has 0 saturated carbocycles. The van der Waals surface area contributed by atoms with Crippen molar-refractivity contribution in [2.75, 3.05) is 0 Å². The molecule has 1 amide bonds. The maximum Gasteiger partial charge on any atom is 0.244 e. The Morgan fingerprint density at radius 1 is 0.750 bits per heavy atom. The Hall–Kier alpha value is -1.83. The molecule has 0 rings (SSSR count). The topological polar surface area (TPSA) is 43.1 Å². The van der Waals surface area contributed by atoms with Crippen LogP contribution in [0.15, 0.2) is 60.3 Å². The first kappa shape index (κ1) is 22.2. The van der Waals surface area contributed by atoms with Crippen molar-refractivity contribution in [3.63, 3.8) is 0 Å². The average Bonchev–Trinajstić information content (AvgIpc) is 2.57. The van der Waals surface area contributed by atoms with Crippen LogP contribution in [-0.4, -0.2) is 5.91 Å². The van der Waals surface area contributed by atoms with E-state index in [-0.39, 0.29) is 5.91 Å². The Bertz CT molecular complexity index is 453. The highest BCUT2D eigenvalue weighted by Gasteiger charge is 1.92. The van der Waals surface area contributed by atoms with Crippen molar-refractivity contribution < 1.29 is 4.79 Å². The molecular weight excluding hydrogens is 294 g/mol. The monoisotopic (exact) mass is 329 g/mol.